The van der Waals surface area contributed by atoms with Gasteiger partial charge in [-0.1, -0.05) is 41.7 Å². The number of H-pyrrole nitrogens is 1. The van der Waals surface area contributed by atoms with Crippen LogP contribution in [0.1, 0.15) is 54.0 Å². The van der Waals surface area contributed by atoms with Crippen LogP contribution in [0.15, 0.2) is 55.0 Å². The van der Waals surface area contributed by atoms with Crippen LogP contribution in [0, 0.1) is 20.8 Å². The zero-order valence-electron chi connectivity index (χ0n) is 33.0. The first-order valence-electron chi connectivity index (χ1n) is 17.5. The van der Waals surface area contributed by atoms with E-state index in [1.165, 1.54) is 12.1 Å². The lowest BCUT2D eigenvalue weighted by Crippen LogP contribution is -2.36. The van der Waals surface area contributed by atoms with Crippen molar-refractivity contribution >= 4 is 57.8 Å². The molecule has 1 amide bonds. The number of halogens is 13. The lowest BCUT2D eigenvalue weighted by molar-refractivity contribution is -0.138. The number of aromatic amines is 1. The van der Waals surface area contributed by atoms with Crippen LogP contribution in [0.5, 0.6) is 35.3 Å². The molecule has 0 fully saturated rings. The molecule has 64 heavy (non-hydrogen) atoms. The lowest BCUT2D eigenvalue weighted by Gasteiger charge is -2.11. The molecular weight excluding hydrogens is 965 g/mol. The fraction of sp³-hybridized carbons (Fsp3) is 0.278. The molecule has 344 valence electrons. The summed E-state index contributed by atoms with van der Waals surface area (Å²) < 4.78 is 130. The Morgan fingerprint density at radius 1 is 0.656 bits per heavy atom. The molecular formula is C36H29Cl4F9N10O5. The summed E-state index contributed by atoms with van der Waals surface area (Å²) in [4.78, 5) is 33.7. The smallest absolute Gasteiger partial charge is 0.417 e. The van der Waals surface area contributed by atoms with E-state index in [-0.39, 0.29) is 56.4 Å². The number of hydrogen-bond donors (Lipinski definition) is 2. The Hall–Kier alpha value is -5.85. The fourth-order valence-corrected chi connectivity index (χ4v) is 5.24. The fourth-order valence-electron chi connectivity index (χ4n) is 4.46. The molecule has 6 heterocycles. The van der Waals surface area contributed by atoms with Gasteiger partial charge >= 0.3 is 29.9 Å². The Bertz CT molecular complexity index is 2600. The molecule has 6 aromatic rings. The highest BCUT2D eigenvalue weighted by atomic mass is 35.5. The summed E-state index contributed by atoms with van der Waals surface area (Å²) in [5.74, 6) is -0.530. The molecule has 0 saturated heterocycles. The number of nitrogens with zero attached hydrogens (tertiary/aromatic N) is 8. The van der Waals surface area contributed by atoms with Crippen LogP contribution in [0.2, 0.25) is 15.1 Å². The Morgan fingerprint density at radius 2 is 1.03 bits per heavy atom. The van der Waals surface area contributed by atoms with Crippen LogP contribution in [0.4, 0.5) is 49.1 Å². The third kappa shape index (κ3) is 14.1. The summed E-state index contributed by atoms with van der Waals surface area (Å²) in [5.41, 5.74) is -1.31. The average Bonchev–Trinajstić information content (AvgIpc) is 3.90. The first-order chi connectivity index (χ1) is 29.7. The molecule has 6 rings (SSSR count). The van der Waals surface area contributed by atoms with E-state index in [0.29, 0.717) is 42.1 Å². The summed E-state index contributed by atoms with van der Waals surface area (Å²) >= 11 is 22.4. The second-order valence-corrected chi connectivity index (χ2v) is 14.3. The predicted molar refractivity (Wildman–Crippen MR) is 211 cm³/mol. The van der Waals surface area contributed by atoms with Crippen molar-refractivity contribution in [3.05, 3.63) is 104 Å². The number of hydrogen-bond acceptors (Lipinski definition) is 11. The van der Waals surface area contributed by atoms with E-state index in [9.17, 15) is 49.1 Å². The molecule has 1 atom stereocenters. The molecule has 0 saturated carbocycles. The van der Waals surface area contributed by atoms with Gasteiger partial charge in [0.2, 0.25) is 35.3 Å². The molecule has 0 aliphatic heterocycles. The number of alkyl halides is 9. The van der Waals surface area contributed by atoms with E-state index < -0.39 is 46.6 Å². The second-order valence-electron chi connectivity index (χ2n) is 12.8. The molecule has 2 N–H and O–H groups in total. The number of pyridine rings is 3. The maximum atomic E-state index is 12.6. The number of amides is 1. The molecule has 1 unspecified atom stereocenters. The third-order valence-electron chi connectivity index (χ3n) is 7.76. The van der Waals surface area contributed by atoms with Gasteiger partial charge in [0.25, 0.3) is 0 Å². The molecule has 0 aromatic carbocycles. The first kappa shape index (κ1) is 50.8. The maximum absolute atomic E-state index is 12.6. The Balaban J connectivity index is 0.000000213. The molecule has 0 spiro atoms. The molecule has 28 heteroatoms. The zero-order valence-corrected chi connectivity index (χ0v) is 36.0. The zero-order chi connectivity index (χ0) is 47.9. The van der Waals surface area contributed by atoms with E-state index in [0.717, 1.165) is 27.5 Å². The van der Waals surface area contributed by atoms with Crippen molar-refractivity contribution in [2.24, 2.45) is 0 Å². The summed E-state index contributed by atoms with van der Waals surface area (Å²) in [6.45, 7) is 8.70. The Labute approximate surface area is 374 Å². The predicted octanol–water partition coefficient (Wildman–Crippen LogP) is 12.2. The van der Waals surface area contributed by atoms with Gasteiger partial charge in [0.05, 0.1) is 22.4 Å². The quantitative estimate of drug-likeness (QED) is 0.110. The van der Waals surface area contributed by atoms with Crippen LogP contribution in [0.25, 0.3) is 0 Å². The van der Waals surface area contributed by atoms with Crippen LogP contribution < -0.4 is 19.5 Å². The van der Waals surface area contributed by atoms with Crippen molar-refractivity contribution in [1.29, 1.82) is 0 Å². The number of ether oxygens (including phenoxy) is 3. The van der Waals surface area contributed by atoms with Gasteiger partial charge in [-0.05, 0) is 63.9 Å². The summed E-state index contributed by atoms with van der Waals surface area (Å²) in [6, 6.07) is 6.05. The number of nitrogens with one attached hydrogen (secondary N) is 2. The van der Waals surface area contributed by atoms with Gasteiger partial charge in [0.1, 0.15) is 15.1 Å². The minimum atomic E-state index is -4.56. The van der Waals surface area contributed by atoms with Gasteiger partial charge in [-0.3, -0.25) is 9.89 Å². The monoisotopic (exact) mass is 992 g/mol. The normalized spacial score (nSPS) is 12.0. The molecule has 6 aromatic heterocycles. The highest BCUT2D eigenvalue weighted by Crippen LogP contribution is 2.37. The van der Waals surface area contributed by atoms with Gasteiger partial charge in [-0.2, -0.15) is 48.9 Å². The van der Waals surface area contributed by atoms with Gasteiger partial charge in [-0.25, -0.2) is 19.7 Å². The molecule has 0 aliphatic carbocycles. The van der Waals surface area contributed by atoms with Crippen molar-refractivity contribution < 1.29 is 63.3 Å². The minimum Gasteiger partial charge on any atom is -0.417 e. The molecule has 15 nitrogen and oxygen atoms in total. The van der Waals surface area contributed by atoms with Crippen molar-refractivity contribution in [2.45, 2.75) is 65.6 Å². The first-order valence-corrected chi connectivity index (χ1v) is 19.0. The number of aryl methyl sites for hydroxylation is 3. The molecule has 0 radical (unpaired) electrons. The number of aromatic nitrogens is 9. The molecule has 0 bridgehead atoms. The third-order valence-corrected chi connectivity index (χ3v) is 8.73. The van der Waals surface area contributed by atoms with E-state index in [1.54, 1.807) is 26.8 Å². The standard InChI is InChI=1S/C15H16ClF3N4O2.C11H6Cl2F3N3O2.C10H7ClF3N3O/c1-4-8(2)21-14(24)23-9(3)5-12(22-23)25-13-11(16)6-10(7-20-13)15(17,18)19;1-5-2-8(18-19(5)10(13)20)21-9-7(12)3-6(4-17-9)11(14,15)16;1-5-2-8(17-16-5)18-9-7(11)3-6(4-15-9)10(12,13)14/h5-8H,4H2,1-3H3,(H,21,24);2-4H,1H3;2-4H,1H3,(H,16,17). The highest BCUT2D eigenvalue weighted by molar-refractivity contribution is 6.63. The van der Waals surface area contributed by atoms with Crippen LogP contribution in [-0.2, 0) is 18.5 Å². The summed E-state index contributed by atoms with van der Waals surface area (Å²) in [5, 5.41) is 15.1. The average molecular weight is 994 g/mol. The maximum Gasteiger partial charge on any atom is 0.417 e. The Morgan fingerprint density at radius 3 is 1.34 bits per heavy atom. The largest absolute Gasteiger partial charge is 0.417 e. The van der Waals surface area contributed by atoms with E-state index in [2.05, 4.69) is 40.7 Å². The molecule has 0 aliphatic rings. The van der Waals surface area contributed by atoms with Gasteiger partial charge < -0.3 is 19.5 Å². The van der Waals surface area contributed by atoms with Gasteiger partial charge in [0.15, 0.2) is 0 Å². The summed E-state index contributed by atoms with van der Waals surface area (Å²) in [6.07, 6.45) is -11.0. The minimum absolute atomic E-state index is 0.00837. The highest BCUT2D eigenvalue weighted by Gasteiger charge is 2.34. The topological polar surface area (TPSA) is 177 Å². The van der Waals surface area contributed by atoms with Crippen LogP contribution in [-0.4, -0.2) is 62.1 Å². The van der Waals surface area contributed by atoms with Crippen molar-refractivity contribution in [1.82, 2.24) is 50.0 Å². The van der Waals surface area contributed by atoms with Crippen LogP contribution >= 0.6 is 46.4 Å². The van der Waals surface area contributed by atoms with E-state index in [1.807, 2.05) is 13.8 Å². The lowest BCUT2D eigenvalue weighted by atomic mass is 10.3. The SMILES string of the molecule is CCC(C)NC(=O)n1nc(Oc2ncc(C(F)(F)F)cc2Cl)cc1C.Cc1cc(Oc2ncc(C(F)(F)F)cc2Cl)n[nH]1.Cc1cc(Oc2ncc(C(F)(F)F)cc2Cl)nn1C(=O)Cl. The second kappa shape index (κ2) is 20.8. The van der Waals surface area contributed by atoms with Crippen molar-refractivity contribution in [2.75, 3.05) is 0 Å². The van der Waals surface area contributed by atoms with Crippen LogP contribution in [0.3, 0.4) is 0 Å². The van der Waals surface area contributed by atoms with Crippen molar-refractivity contribution in [3.63, 3.8) is 0 Å². The Kier molecular flexibility index (Phi) is 16.5. The van der Waals surface area contributed by atoms with Gasteiger partial charge in [-0.15, -0.1) is 15.3 Å². The number of carbonyl (C=O) groups is 2. The van der Waals surface area contributed by atoms with E-state index >= 15 is 0 Å². The van der Waals surface area contributed by atoms with E-state index in [4.69, 9.17) is 60.6 Å². The summed E-state index contributed by atoms with van der Waals surface area (Å²) in [7, 11) is 0. The number of carbonyl (C=O) groups excluding carboxylic acids is 2. The van der Waals surface area contributed by atoms with Gasteiger partial charge in [0, 0.05) is 54.2 Å². The van der Waals surface area contributed by atoms with Crippen molar-refractivity contribution in [3.8, 4) is 35.3 Å². The number of rotatable bonds is 8.